The van der Waals surface area contributed by atoms with E-state index in [2.05, 4.69) is 10.6 Å². The zero-order valence-electron chi connectivity index (χ0n) is 9.58. The van der Waals surface area contributed by atoms with Crippen LogP contribution in [-0.4, -0.2) is 5.11 Å². The minimum Gasteiger partial charge on any atom is -0.332 e. The van der Waals surface area contributed by atoms with E-state index in [9.17, 15) is 4.39 Å². The number of benzene rings is 2. The molecule has 0 bridgehead atoms. The number of rotatable bonds is 2. The lowest BCUT2D eigenvalue weighted by Gasteiger charge is -2.11. The Balaban J connectivity index is 2.03. The summed E-state index contributed by atoms with van der Waals surface area (Å²) >= 11 is 16.5. The highest BCUT2D eigenvalue weighted by molar-refractivity contribution is 7.80. The molecular formula is C13H9Cl2FN2S. The Hall–Kier alpha value is -1.36. The highest BCUT2D eigenvalue weighted by Gasteiger charge is 2.05. The SMILES string of the molecule is Fc1cc(Cl)ccc1NC(=S)Nc1ccc(Cl)cc1. The van der Waals surface area contributed by atoms with Crippen LogP contribution in [0.4, 0.5) is 15.8 Å². The quantitative estimate of drug-likeness (QED) is 0.768. The van der Waals surface area contributed by atoms with Crippen LogP contribution in [0.15, 0.2) is 42.5 Å². The summed E-state index contributed by atoms with van der Waals surface area (Å²) in [5.74, 6) is -0.465. The van der Waals surface area contributed by atoms with Crippen molar-refractivity contribution in [3.63, 3.8) is 0 Å². The molecular weight excluding hydrogens is 306 g/mol. The zero-order valence-corrected chi connectivity index (χ0v) is 11.9. The molecule has 0 unspecified atom stereocenters. The molecule has 19 heavy (non-hydrogen) atoms. The molecule has 0 aliphatic carbocycles. The smallest absolute Gasteiger partial charge is 0.175 e. The largest absolute Gasteiger partial charge is 0.332 e. The van der Waals surface area contributed by atoms with E-state index >= 15 is 0 Å². The van der Waals surface area contributed by atoms with E-state index in [4.69, 9.17) is 35.4 Å². The van der Waals surface area contributed by atoms with Gasteiger partial charge in [-0.2, -0.15) is 0 Å². The van der Waals surface area contributed by atoms with Crippen molar-refractivity contribution in [3.05, 3.63) is 58.3 Å². The lowest BCUT2D eigenvalue weighted by atomic mass is 10.3. The van der Waals surface area contributed by atoms with E-state index in [1.54, 1.807) is 30.3 Å². The predicted octanol–water partition coefficient (Wildman–Crippen LogP) is 4.94. The summed E-state index contributed by atoms with van der Waals surface area (Å²) in [5, 5.41) is 6.92. The first-order valence-electron chi connectivity index (χ1n) is 5.33. The van der Waals surface area contributed by atoms with Crippen LogP contribution < -0.4 is 10.6 Å². The standard InChI is InChI=1S/C13H9Cl2FN2S/c14-8-1-4-10(5-2-8)17-13(19)18-12-6-3-9(15)7-11(12)16/h1-7H,(H2,17,18,19). The van der Waals surface area contributed by atoms with E-state index < -0.39 is 5.82 Å². The van der Waals surface area contributed by atoms with Crippen LogP contribution in [0, 0.1) is 5.82 Å². The summed E-state index contributed by atoms with van der Waals surface area (Å²) < 4.78 is 13.6. The molecule has 2 aromatic carbocycles. The highest BCUT2D eigenvalue weighted by atomic mass is 35.5. The van der Waals surface area contributed by atoms with Crippen LogP contribution in [-0.2, 0) is 0 Å². The fraction of sp³-hybridized carbons (Fsp3) is 0. The van der Waals surface area contributed by atoms with Gasteiger partial charge in [-0.1, -0.05) is 23.2 Å². The number of hydrogen-bond acceptors (Lipinski definition) is 1. The molecule has 2 aromatic rings. The molecule has 0 aliphatic rings. The van der Waals surface area contributed by atoms with Gasteiger partial charge in [-0.3, -0.25) is 0 Å². The maximum Gasteiger partial charge on any atom is 0.175 e. The van der Waals surface area contributed by atoms with Gasteiger partial charge in [0.25, 0.3) is 0 Å². The Bertz CT molecular complexity index is 602. The molecule has 0 spiro atoms. The number of halogens is 3. The van der Waals surface area contributed by atoms with Gasteiger partial charge in [0.2, 0.25) is 0 Å². The third-order valence-corrected chi connectivity index (χ3v) is 2.97. The van der Waals surface area contributed by atoms with E-state index in [1.807, 2.05) is 0 Å². The fourth-order valence-corrected chi connectivity index (χ4v) is 1.92. The second-order valence-electron chi connectivity index (χ2n) is 3.71. The summed E-state index contributed by atoms with van der Waals surface area (Å²) in [4.78, 5) is 0. The summed E-state index contributed by atoms with van der Waals surface area (Å²) in [6, 6.07) is 11.3. The van der Waals surface area contributed by atoms with Crippen LogP contribution in [0.25, 0.3) is 0 Å². The van der Waals surface area contributed by atoms with Gasteiger partial charge >= 0.3 is 0 Å². The predicted molar refractivity (Wildman–Crippen MR) is 82.7 cm³/mol. The molecule has 0 aliphatic heterocycles. The molecule has 0 saturated heterocycles. The van der Waals surface area contributed by atoms with Crippen LogP contribution in [0.3, 0.4) is 0 Å². The number of thiocarbonyl (C=S) groups is 1. The first-order chi connectivity index (χ1) is 9.04. The Morgan fingerprint density at radius 2 is 1.58 bits per heavy atom. The van der Waals surface area contributed by atoms with Crippen molar-refractivity contribution in [3.8, 4) is 0 Å². The monoisotopic (exact) mass is 314 g/mol. The molecule has 0 heterocycles. The summed E-state index contributed by atoms with van der Waals surface area (Å²) in [7, 11) is 0. The van der Waals surface area contributed by atoms with E-state index in [0.29, 0.717) is 10.0 Å². The van der Waals surface area contributed by atoms with Gasteiger partial charge in [0.05, 0.1) is 5.69 Å². The fourth-order valence-electron chi connectivity index (χ4n) is 1.41. The molecule has 98 valence electrons. The Kier molecular flexibility index (Phi) is 4.58. The van der Waals surface area contributed by atoms with Gasteiger partial charge in [-0.05, 0) is 54.7 Å². The van der Waals surface area contributed by atoms with Crippen molar-refractivity contribution in [2.45, 2.75) is 0 Å². The third-order valence-electron chi connectivity index (χ3n) is 2.28. The minimum atomic E-state index is -0.465. The minimum absolute atomic E-state index is 0.260. The lowest BCUT2D eigenvalue weighted by Crippen LogP contribution is -2.19. The molecule has 2 nitrogen and oxygen atoms in total. The average molecular weight is 315 g/mol. The van der Waals surface area contributed by atoms with Gasteiger partial charge in [0, 0.05) is 15.7 Å². The van der Waals surface area contributed by atoms with Crippen LogP contribution in [0.2, 0.25) is 10.0 Å². The van der Waals surface area contributed by atoms with E-state index in [0.717, 1.165) is 5.69 Å². The second kappa shape index (κ2) is 6.19. The van der Waals surface area contributed by atoms with Crippen LogP contribution >= 0.6 is 35.4 Å². The molecule has 6 heteroatoms. The molecule has 0 saturated carbocycles. The molecule has 0 atom stereocenters. The normalized spacial score (nSPS) is 10.1. The molecule has 0 amide bonds. The number of hydrogen-bond donors (Lipinski definition) is 2. The summed E-state index contributed by atoms with van der Waals surface area (Å²) in [5.41, 5.74) is 1.02. The van der Waals surface area contributed by atoms with Gasteiger partial charge in [-0.25, -0.2) is 4.39 Å². The first-order valence-corrected chi connectivity index (χ1v) is 6.49. The topological polar surface area (TPSA) is 24.1 Å². The molecule has 2 N–H and O–H groups in total. The van der Waals surface area contributed by atoms with Crippen molar-refractivity contribution in [2.24, 2.45) is 0 Å². The Morgan fingerprint density at radius 3 is 2.21 bits per heavy atom. The lowest BCUT2D eigenvalue weighted by molar-refractivity contribution is 0.632. The van der Waals surface area contributed by atoms with Gasteiger partial charge in [0.15, 0.2) is 5.11 Å². The van der Waals surface area contributed by atoms with Gasteiger partial charge in [-0.15, -0.1) is 0 Å². The van der Waals surface area contributed by atoms with Crippen molar-refractivity contribution < 1.29 is 4.39 Å². The first kappa shape index (κ1) is 14.1. The van der Waals surface area contributed by atoms with E-state index in [-0.39, 0.29) is 10.8 Å². The summed E-state index contributed by atoms with van der Waals surface area (Å²) in [6.07, 6.45) is 0. The summed E-state index contributed by atoms with van der Waals surface area (Å²) in [6.45, 7) is 0. The Morgan fingerprint density at radius 1 is 0.947 bits per heavy atom. The number of anilines is 2. The van der Waals surface area contributed by atoms with Crippen molar-refractivity contribution >= 4 is 51.9 Å². The maximum atomic E-state index is 13.6. The molecule has 0 fully saturated rings. The Labute approximate surface area is 125 Å². The third kappa shape index (κ3) is 4.06. The molecule has 0 aromatic heterocycles. The maximum absolute atomic E-state index is 13.6. The molecule has 0 radical (unpaired) electrons. The van der Waals surface area contributed by atoms with E-state index in [1.165, 1.54) is 12.1 Å². The van der Waals surface area contributed by atoms with Gasteiger partial charge < -0.3 is 10.6 Å². The second-order valence-corrected chi connectivity index (χ2v) is 4.99. The van der Waals surface area contributed by atoms with Crippen molar-refractivity contribution in [2.75, 3.05) is 10.6 Å². The molecule has 2 rings (SSSR count). The average Bonchev–Trinajstić information content (AvgIpc) is 2.36. The van der Waals surface area contributed by atoms with Crippen molar-refractivity contribution in [1.29, 1.82) is 0 Å². The highest BCUT2D eigenvalue weighted by Crippen LogP contribution is 2.19. The number of nitrogens with one attached hydrogen (secondary N) is 2. The van der Waals surface area contributed by atoms with Crippen LogP contribution in [0.1, 0.15) is 0 Å². The van der Waals surface area contributed by atoms with Crippen molar-refractivity contribution in [1.82, 2.24) is 0 Å². The zero-order chi connectivity index (χ0) is 13.8. The van der Waals surface area contributed by atoms with Gasteiger partial charge in [0.1, 0.15) is 5.82 Å². The van der Waals surface area contributed by atoms with Crippen LogP contribution in [0.5, 0.6) is 0 Å².